The SMILES string of the molecule is CCOC(=O)C1CNCCN1S(=O)(=O)CC(C)C. The molecule has 1 unspecified atom stereocenters. The molecule has 1 rings (SSSR count). The molecular formula is C11H22N2O4S. The van der Waals surface area contributed by atoms with Crippen molar-refractivity contribution in [1.29, 1.82) is 0 Å². The Morgan fingerprint density at radius 2 is 2.17 bits per heavy atom. The van der Waals surface area contributed by atoms with Crippen LogP contribution < -0.4 is 5.32 Å². The zero-order valence-corrected chi connectivity index (χ0v) is 12.0. The molecule has 0 amide bonds. The van der Waals surface area contributed by atoms with Crippen molar-refractivity contribution in [3.8, 4) is 0 Å². The number of hydrogen-bond donors (Lipinski definition) is 1. The highest BCUT2D eigenvalue weighted by molar-refractivity contribution is 7.89. The van der Waals surface area contributed by atoms with Gasteiger partial charge in [-0.2, -0.15) is 4.31 Å². The van der Waals surface area contributed by atoms with Gasteiger partial charge in [-0.15, -0.1) is 0 Å². The highest BCUT2D eigenvalue weighted by Crippen LogP contribution is 2.14. The Bertz CT molecular complexity index is 381. The van der Waals surface area contributed by atoms with Gasteiger partial charge < -0.3 is 10.1 Å². The summed E-state index contributed by atoms with van der Waals surface area (Å²) < 4.78 is 30.6. The predicted octanol–water partition coefficient (Wildman–Crippen LogP) is -0.191. The smallest absolute Gasteiger partial charge is 0.325 e. The Hall–Kier alpha value is -0.660. The molecule has 1 aliphatic heterocycles. The molecule has 1 saturated heterocycles. The fraction of sp³-hybridized carbons (Fsp3) is 0.909. The second-order valence-corrected chi connectivity index (χ2v) is 6.72. The summed E-state index contributed by atoms with van der Waals surface area (Å²) in [5, 5.41) is 3.02. The first kappa shape index (κ1) is 15.4. The van der Waals surface area contributed by atoms with Crippen LogP contribution in [0.15, 0.2) is 0 Å². The molecule has 1 heterocycles. The number of nitrogens with zero attached hydrogens (tertiary/aromatic N) is 1. The molecule has 0 saturated carbocycles. The van der Waals surface area contributed by atoms with E-state index in [9.17, 15) is 13.2 Å². The fourth-order valence-corrected chi connectivity index (χ4v) is 3.93. The van der Waals surface area contributed by atoms with Crippen LogP contribution >= 0.6 is 0 Å². The van der Waals surface area contributed by atoms with Gasteiger partial charge in [0.2, 0.25) is 10.0 Å². The van der Waals surface area contributed by atoms with Crippen molar-refractivity contribution in [2.45, 2.75) is 26.8 Å². The second kappa shape index (κ2) is 6.49. The van der Waals surface area contributed by atoms with Gasteiger partial charge in [0.15, 0.2) is 0 Å². The minimum Gasteiger partial charge on any atom is -0.465 e. The molecule has 0 aromatic carbocycles. The molecule has 0 radical (unpaired) electrons. The molecule has 18 heavy (non-hydrogen) atoms. The van der Waals surface area contributed by atoms with Crippen LogP contribution in [0.3, 0.4) is 0 Å². The summed E-state index contributed by atoms with van der Waals surface area (Å²) in [6.45, 7) is 6.86. The first-order valence-corrected chi connectivity index (χ1v) is 7.86. The Labute approximate surface area is 109 Å². The maximum absolute atomic E-state index is 12.2. The number of hydrogen-bond acceptors (Lipinski definition) is 5. The number of sulfonamides is 1. The highest BCUT2D eigenvalue weighted by Gasteiger charge is 2.37. The summed E-state index contributed by atoms with van der Waals surface area (Å²) in [4.78, 5) is 11.8. The van der Waals surface area contributed by atoms with E-state index in [0.717, 1.165) is 0 Å². The van der Waals surface area contributed by atoms with Crippen molar-refractivity contribution < 1.29 is 17.9 Å². The van der Waals surface area contributed by atoms with Crippen molar-refractivity contribution in [3.05, 3.63) is 0 Å². The van der Waals surface area contributed by atoms with Crippen LogP contribution in [0.1, 0.15) is 20.8 Å². The number of esters is 1. The lowest BCUT2D eigenvalue weighted by atomic mass is 10.2. The monoisotopic (exact) mass is 278 g/mol. The third-order valence-corrected chi connectivity index (χ3v) is 4.89. The van der Waals surface area contributed by atoms with Crippen LogP contribution in [-0.2, 0) is 19.6 Å². The minimum atomic E-state index is -3.40. The fourth-order valence-electron chi connectivity index (χ4n) is 1.97. The molecule has 0 spiro atoms. The Morgan fingerprint density at radius 1 is 1.50 bits per heavy atom. The number of carbonyl (C=O) groups excluding carboxylic acids is 1. The maximum Gasteiger partial charge on any atom is 0.325 e. The zero-order chi connectivity index (χ0) is 13.8. The van der Waals surface area contributed by atoms with E-state index in [0.29, 0.717) is 19.6 Å². The van der Waals surface area contributed by atoms with Crippen molar-refractivity contribution in [2.24, 2.45) is 5.92 Å². The Balaban J connectivity index is 2.85. The molecule has 7 heteroatoms. The number of piperazine rings is 1. The van der Waals surface area contributed by atoms with Gasteiger partial charge in [0, 0.05) is 19.6 Å². The average molecular weight is 278 g/mol. The maximum atomic E-state index is 12.2. The van der Waals surface area contributed by atoms with E-state index < -0.39 is 22.0 Å². The molecule has 0 bridgehead atoms. The number of ether oxygens (including phenoxy) is 1. The van der Waals surface area contributed by atoms with Crippen LogP contribution in [0, 0.1) is 5.92 Å². The summed E-state index contributed by atoms with van der Waals surface area (Å²) in [7, 11) is -3.40. The normalized spacial score (nSPS) is 22.1. The third-order valence-electron chi connectivity index (χ3n) is 2.65. The topological polar surface area (TPSA) is 75.7 Å². The van der Waals surface area contributed by atoms with Crippen LogP contribution in [0.5, 0.6) is 0 Å². The number of carbonyl (C=O) groups is 1. The molecule has 0 aliphatic carbocycles. The second-order valence-electron chi connectivity index (χ2n) is 4.76. The van der Waals surface area contributed by atoms with Crippen molar-refractivity contribution >= 4 is 16.0 Å². The first-order chi connectivity index (χ1) is 8.38. The van der Waals surface area contributed by atoms with E-state index in [1.165, 1.54) is 4.31 Å². The van der Waals surface area contributed by atoms with Crippen LogP contribution in [0.4, 0.5) is 0 Å². The molecule has 106 valence electrons. The lowest BCUT2D eigenvalue weighted by Crippen LogP contribution is -2.58. The van der Waals surface area contributed by atoms with Crippen molar-refractivity contribution in [2.75, 3.05) is 32.0 Å². The average Bonchev–Trinajstić information content (AvgIpc) is 2.27. The van der Waals surface area contributed by atoms with Gasteiger partial charge in [0.25, 0.3) is 0 Å². The van der Waals surface area contributed by atoms with Crippen molar-refractivity contribution in [1.82, 2.24) is 9.62 Å². The molecule has 1 aliphatic rings. The summed E-state index contributed by atoms with van der Waals surface area (Å²) in [5.41, 5.74) is 0. The van der Waals surface area contributed by atoms with Gasteiger partial charge >= 0.3 is 5.97 Å². The number of nitrogens with one attached hydrogen (secondary N) is 1. The highest BCUT2D eigenvalue weighted by atomic mass is 32.2. The zero-order valence-electron chi connectivity index (χ0n) is 11.2. The minimum absolute atomic E-state index is 0.0349. The third kappa shape index (κ3) is 3.93. The summed E-state index contributed by atoms with van der Waals surface area (Å²) in [6.07, 6.45) is 0. The molecule has 1 atom stereocenters. The van der Waals surface area contributed by atoms with E-state index in [1.54, 1.807) is 6.92 Å². The van der Waals surface area contributed by atoms with E-state index in [-0.39, 0.29) is 18.3 Å². The largest absolute Gasteiger partial charge is 0.465 e. The van der Waals surface area contributed by atoms with E-state index in [2.05, 4.69) is 5.32 Å². The molecule has 0 aromatic heterocycles. The Morgan fingerprint density at radius 3 is 2.72 bits per heavy atom. The van der Waals surface area contributed by atoms with Gasteiger partial charge in [-0.1, -0.05) is 13.8 Å². The van der Waals surface area contributed by atoms with E-state index in [1.807, 2.05) is 13.8 Å². The van der Waals surface area contributed by atoms with Gasteiger partial charge in [-0.3, -0.25) is 4.79 Å². The summed E-state index contributed by atoms with van der Waals surface area (Å²) >= 11 is 0. The standard InChI is InChI=1S/C11H22N2O4S/c1-4-17-11(14)10-7-12-5-6-13(10)18(15,16)8-9(2)3/h9-10,12H,4-8H2,1-3H3. The predicted molar refractivity (Wildman–Crippen MR) is 68.6 cm³/mol. The van der Waals surface area contributed by atoms with Gasteiger partial charge in [0.05, 0.1) is 12.4 Å². The molecule has 6 nitrogen and oxygen atoms in total. The van der Waals surface area contributed by atoms with E-state index in [4.69, 9.17) is 4.74 Å². The van der Waals surface area contributed by atoms with Gasteiger partial charge in [-0.25, -0.2) is 8.42 Å². The summed E-state index contributed by atoms with van der Waals surface area (Å²) in [6, 6.07) is -0.734. The van der Waals surface area contributed by atoms with Gasteiger partial charge in [-0.05, 0) is 12.8 Å². The molecular weight excluding hydrogens is 256 g/mol. The Kier molecular flexibility index (Phi) is 5.55. The number of rotatable bonds is 5. The van der Waals surface area contributed by atoms with Crippen LogP contribution in [-0.4, -0.2) is 56.7 Å². The molecule has 1 fully saturated rings. The van der Waals surface area contributed by atoms with Crippen LogP contribution in [0.2, 0.25) is 0 Å². The first-order valence-electron chi connectivity index (χ1n) is 6.25. The molecule has 0 aromatic rings. The van der Waals surface area contributed by atoms with Crippen LogP contribution in [0.25, 0.3) is 0 Å². The lowest BCUT2D eigenvalue weighted by Gasteiger charge is -2.33. The summed E-state index contributed by atoms with van der Waals surface area (Å²) in [5.74, 6) is -0.382. The quantitative estimate of drug-likeness (QED) is 0.705. The van der Waals surface area contributed by atoms with Gasteiger partial charge in [0.1, 0.15) is 6.04 Å². The molecule has 1 N–H and O–H groups in total. The lowest BCUT2D eigenvalue weighted by molar-refractivity contribution is -0.148. The van der Waals surface area contributed by atoms with E-state index >= 15 is 0 Å². The van der Waals surface area contributed by atoms with Crippen molar-refractivity contribution in [3.63, 3.8) is 0 Å².